The van der Waals surface area contributed by atoms with Gasteiger partial charge in [-0.3, -0.25) is 0 Å². The van der Waals surface area contributed by atoms with Gasteiger partial charge in [0, 0.05) is 10.6 Å². The Kier molecular flexibility index (Phi) is 2.15. The molecule has 1 heterocycles. The highest BCUT2D eigenvalue weighted by Gasteiger charge is 2.07. The van der Waals surface area contributed by atoms with Crippen molar-refractivity contribution in [1.29, 1.82) is 0 Å². The van der Waals surface area contributed by atoms with Crippen LogP contribution in [0.15, 0.2) is 46.9 Å². The molecule has 77 valence electrons. The van der Waals surface area contributed by atoms with E-state index in [0.29, 0.717) is 10.9 Å². The van der Waals surface area contributed by atoms with Crippen molar-refractivity contribution in [3.05, 3.63) is 53.6 Å². The zero-order chi connectivity index (χ0) is 11.0. The van der Waals surface area contributed by atoms with Crippen molar-refractivity contribution in [1.82, 2.24) is 4.98 Å². The number of rotatable bonds is 1. The Morgan fingerprint density at radius 1 is 1.12 bits per heavy atom. The second kappa shape index (κ2) is 3.65. The fraction of sp³-hybridized carbons (Fsp3) is 0. The molecule has 0 aliphatic rings. The molecular formula is C13H7ClNO. The molecule has 0 bridgehead atoms. The molecule has 1 radical (unpaired) electrons. The van der Waals surface area contributed by atoms with Gasteiger partial charge in [0.25, 0.3) is 0 Å². The predicted molar refractivity (Wildman–Crippen MR) is 63.3 cm³/mol. The lowest BCUT2D eigenvalue weighted by Gasteiger charge is -1.91. The van der Waals surface area contributed by atoms with Crippen LogP contribution in [0, 0.1) is 6.07 Å². The van der Waals surface area contributed by atoms with Crippen LogP contribution in [0.25, 0.3) is 22.6 Å². The van der Waals surface area contributed by atoms with E-state index in [2.05, 4.69) is 11.1 Å². The van der Waals surface area contributed by atoms with E-state index in [-0.39, 0.29) is 0 Å². The Hall–Kier alpha value is -1.80. The number of aromatic nitrogens is 1. The number of nitrogens with zero attached hydrogens (tertiary/aromatic N) is 1. The molecule has 3 heteroatoms. The van der Waals surface area contributed by atoms with Crippen LogP contribution in [0.3, 0.4) is 0 Å². The minimum Gasteiger partial charge on any atom is -0.436 e. The summed E-state index contributed by atoms with van der Waals surface area (Å²) in [4.78, 5) is 4.38. The Labute approximate surface area is 97.5 Å². The highest BCUT2D eigenvalue weighted by molar-refractivity contribution is 6.31. The van der Waals surface area contributed by atoms with E-state index in [1.807, 2.05) is 30.3 Å². The fourth-order valence-electron chi connectivity index (χ4n) is 1.55. The van der Waals surface area contributed by atoms with Crippen LogP contribution in [0.2, 0.25) is 5.02 Å². The van der Waals surface area contributed by atoms with Crippen LogP contribution in [-0.4, -0.2) is 4.98 Å². The van der Waals surface area contributed by atoms with E-state index in [9.17, 15) is 0 Å². The first-order chi connectivity index (χ1) is 7.83. The molecule has 0 saturated heterocycles. The van der Waals surface area contributed by atoms with E-state index in [1.54, 1.807) is 12.1 Å². The van der Waals surface area contributed by atoms with E-state index >= 15 is 0 Å². The standard InChI is InChI=1S/C13H7ClNO/c14-10-6-7-12-11(8-10)15-13(16-12)9-4-2-1-3-5-9/h2-8H. The van der Waals surface area contributed by atoms with Crippen LogP contribution in [0.4, 0.5) is 0 Å². The van der Waals surface area contributed by atoms with Crippen molar-refractivity contribution in [2.45, 2.75) is 0 Å². The van der Waals surface area contributed by atoms with Crippen LogP contribution in [0.5, 0.6) is 0 Å². The van der Waals surface area contributed by atoms with Gasteiger partial charge < -0.3 is 4.42 Å². The molecule has 0 fully saturated rings. The van der Waals surface area contributed by atoms with E-state index < -0.39 is 0 Å². The topological polar surface area (TPSA) is 26.0 Å². The van der Waals surface area contributed by atoms with E-state index in [1.165, 1.54) is 0 Å². The first kappa shape index (κ1) is 9.43. The number of halogens is 1. The van der Waals surface area contributed by atoms with Crippen LogP contribution in [0.1, 0.15) is 0 Å². The molecule has 0 saturated carbocycles. The smallest absolute Gasteiger partial charge is 0.227 e. The molecule has 2 nitrogen and oxygen atoms in total. The summed E-state index contributed by atoms with van der Waals surface area (Å²) in [6, 6.07) is 15.8. The summed E-state index contributed by atoms with van der Waals surface area (Å²) in [6.45, 7) is 0. The largest absolute Gasteiger partial charge is 0.436 e. The monoisotopic (exact) mass is 228 g/mol. The minimum atomic E-state index is 0.603. The Balaban J connectivity index is 2.19. The van der Waals surface area contributed by atoms with Gasteiger partial charge in [0.2, 0.25) is 5.89 Å². The summed E-state index contributed by atoms with van der Waals surface area (Å²) in [6.07, 6.45) is 0. The normalized spacial score (nSPS) is 10.8. The first-order valence-corrected chi connectivity index (χ1v) is 5.23. The maximum Gasteiger partial charge on any atom is 0.227 e. The molecule has 3 rings (SSSR count). The maximum absolute atomic E-state index is 5.89. The molecule has 0 amide bonds. The summed E-state index contributed by atoms with van der Waals surface area (Å²) < 4.78 is 5.63. The predicted octanol–water partition coefficient (Wildman–Crippen LogP) is 3.95. The number of hydrogen-bond donors (Lipinski definition) is 0. The number of fused-ring (bicyclic) bond motifs is 1. The summed E-state index contributed by atoms with van der Waals surface area (Å²) in [7, 11) is 0. The van der Waals surface area contributed by atoms with Crippen molar-refractivity contribution in [3.63, 3.8) is 0 Å². The average Bonchev–Trinajstić information content (AvgIpc) is 2.73. The first-order valence-electron chi connectivity index (χ1n) is 4.85. The lowest BCUT2D eigenvalue weighted by atomic mass is 10.2. The van der Waals surface area contributed by atoms with Crippen LogP contribution in [-0.2, 0) is 0 Å². The number of benzene rings is 2. The second-order valence-electron chi connectivity index (χ2n) is 3.42. The molecule has 3 aromatic rings. The molecule has 0 aliphatic heterocycles. The highest BCUT2D eigenvalue weighted by atomic mass is 35.5. The van der Waals surface area contributed by atoms with Crippen molar-refractivity contribution >= 4 is 22.7 Å². The summed E-state index contributed by atoms with van der Waals surface area (Å²) >= 11 is 5.89. The van der Waals surface area contributed by atoms with Gasteiger partial charge in [0.15, 0.2) is 5.58 Å². The van der Waals surface area contributed by atoms with Gasteiger partial charge in [0.05, 0.1) is 0 Å². The zero-order valence-electron chi connectivity index (χ0n) is 8.27. The molecule has 16 heavy (non-hydrogen) atoms. The van der Waals surface area contributed by atoms with Crippen molar-refractivity contribution in [2.75, 3.05) is 0 Å². The van der Waals surface area contributed by atoms with Gasteiger partial charge in [-0.25, -0.2) is 4.98 Å². The molecule has 2 aromatic carbocycles. The molecule has 0 unspecified atom stereocenters. The van der Waals surface area contributed by atoms with Crippen LogP contribution >= 0.6 is 11.6 Å². The van der Waals surface area contributed by atoms with Crippen molar-refractivity contribution in [2.24, 2.45) is 0 Å². The maximum atomic E-state index is 5.89. The van der Waals surface area contributed by atoms with Gasteiger partial charge in [-0.1, -0.05) is 23.7 Å². The summed E-state index contributed by atoms with van der Waals surface area (Å²) in [5.74, 6) is 0.603. The van der Waals surface area contributed by atoms with Gasteiger partial charge in [-0.2, -0.15) is 0 Å². The number of oxazole rings is 1. The third-order valence-corrected chi connectivity index (χ3v) is 2.55. The molecule has 0 N–H and O–H groups in total. The average molecular weight is 229 g/mol. The molecular weight excluding hydrogens is 222 g/mol. The van der Waals surface area contributed by atoms with Crippen molar-refractivity contribution in [3.8, 4) is 11.5 Å². The van der Waals surface area contributed by atoms with Crippen LogP contribution < -0.4 is 0 Å². The highest BCUT2D eigenvalue weighted by Crippen LogP contribution is 2.25. The summed E-state index contributed by atoms with van der Waals surface area (Å²) in [5.41, 5.74) is 2.45. The fourth-order valence-corrected chi connectivity index (χ4v) is 1.72. The minimum absolute atomic E-state index is 0.603. The van der Waals surface area contributed by atoms with Crippen molar-refractivity contribution < 1.29 is 4.42 Å². The Morgan fingerprint density at radius 3 is 2.75 bits per heavy atom. The Bertz CT molecular complexity index is 631. The zero-order valence-corrected chi connectivity index (χ0v) is 9.03. The van der Waals surface area contributed by atoms with Gasteiger partial charge >= 0.3 is 0 Å². The molecule has 1 aromatic heterocycles. The van der Waals surface area contributed by atoms with Gasteiger partial charge in [-0.05, 0) is 36.4 Å². The van der Waals surface area contributed by atoms with E-state index in [0.717, 1.165) is 16.7 Å². The van der Waals surface area contributed by atoms with Gasteiger partial charge in [-0.15, -0.1) is 0 Å². The molecule has 0 spiro atoms. The van der Waals surface area contributed by atoms with E-state index in [4.69, 9.17) is 16.0 Å². The lowest BCUT2D eigenvalue weighted by molar-refractivity contribution is 0.620. The lowest BCUT2D eigenvalue weighted by Crippen LogP contribution is -1.74. The number of hydrogen-bond acceptors (Lipinski definition) is 2. The molecule has 0 atom stereocenters. The van der Waals surface area contributed by atoms with Gasteiger partial charge in [0.1, 0.15) is 5.52 Å². The molecule has 0 aliphatic carbocycles. The third kappa shape index (κ3) is 1.57. The third-order valence-electron chi connectivity index (χ3n) is 2.31. The quantitative estimate of drug-likeness (QED) is 0.630. The summed E-state index contributed by atoms with van der Waals surface area (Å²) in [5, 5.41) is 0.661. The SMILES string of the molecule is Clc1ccc2oc(-c3cc[c]cc3)nc2c1. The Morgan fingerprint density at radius 2 is 1.94 bits per heavy atom. The second-order valence-corrected chi connectivity index (χ2v) is 3.86.